The van der Waals surface area contributed by atoms with Crippen LogP contribution >= 0.6 is 0 Å². The van der Waals surface area contributed by atoms with Gasteiger partial charge in [-0.05, 0) is 37.3 Å². The third-order valence-corrected chi connectivity index (χ3v) is 2.96. The molecular weight excluding hydrogens is 238 g/mol. The van der Waals surface area contributed by atoms with Crippen LogP contribution in [0.4, 0.5) is 0 Å². The Morgan fingerprint density at radius 2 is 2.16 bits per heavy atom. The number of fused-ring (bicyclic) bond motifs is 1. The fraction of sp³-hybridized carbons (Fsp3) is 0.200. The van der Waals surface area contributed by atoms with E-state index in [4.69, 9.17) is 4.74 Å². The summed E-state index contributed by atoms with van der Waals surface area (Å²) in [6.07, 6.45) is 2.60. The van der Waals surface area contributed by atoms with Gasteiger partial charge < -0.3 is 4.74 Å². The van der Waals surface area contributed by atoms with Crippen LogP contribution in [0.3, 0.4) is 0 Å². The summed E-state index contributed by atoms with van der Waals surface area (Å²) in [5, 5.41) is 8.20. The average Bonchev–Trinajstić information content (AvgIpc) is 2.84. The SMILES string of the molecule is Cc1cc(CCOc2ccc3ncccc3c2)n[nH]1. The van der Waals surface area contributed by atoms with Gasteiger partial charge in [0.2, 0.25) is 0 Å². The summed E-state index contributed by atoms with van der Waals surface area (Å²) in [4.78, 5) is 4.28. The molecule has 4 heteroatoms. The molecule has 0 saturated heterocycles. The van der Waals surface area contributed by atoms with Gasteiger partial charge >= 0.3 is 0 Å². The maximum absolute atomic E-state index is 5.75. The quantitative estimate of drug-likeness (QED) is 0.777. The molecule has 0 amide bonds. The Kier molecular flexibility index (Phi) is 3.14. The van der Waals surface area contributed by atoms with E-state index in [0.29, 0.717) is 6.61 Å². The van der Waals surface area contributed by atoms with Gasteiger partial charge in [0, 0.05) is 23.7 Å². The number of hydrogen-bond donors (Lipinski definition) is 1. The standard InChI is InChI=1S/C15H15N3O/c1-11-9-13(18-17-11)6-8-19-14-4-5-15-12(10-14)3-2-7-16-15/h2-5,7,9-10H,6,8H2,1H3,(H,17,18). The third kappa shape index (κ3) is 2.73. The van der Waals surface area contributed by atoms with E-state index in [1.165, 1.54) is 0 Å². The maximum atomic E-state index is 5.75. The molecule has 3 aromatic rings. The third-order valence-electron chi connectivity index (χ3n) is 2.96. The zero-order valence-corrected chi connectivity index (χ0v) is 10.8. The van der Waals surface area contributed by atoms with Crippen LogP contribution in [0.1, 0.15) is 11.4 Å². The van der Waals surface area contributed by atoms with Crippen molar-refractivity contribution in [2.75, 3.05) is 6.61 Å². The molecule has 0 unspecified atom stereocenters. The van der Waals surface area contributed by atoms with Crippen molar-refractivity contribution in [2.45, 2.75) is 13.3 Å². The lowest BCUT2D eigenvalue weighted by atomic mass is 10.2. The molecule has 0 fully saturated rings. The van der Waals surface area contributed by atoms with Crippen molar-refractivity contribution in [2.24, 2.45) is 0 Å². The fourth-order valence-corrected chi connectivity index (χ4v) is 2.02. The van der Waals surface area contributed by atoms with Gasteiger partial charge in [-0.3, -0.25) is 10.1 Å². The van der Waals surface area contributed by atoms with Crippen molar-refractivity contribution in [3.8, 4) is 5.75 Å². The van der Waals surface area contributed by atoms with E-state index in [0.717, 1.165) is 34.5 Å². The number of rotatable bonds is 4. The van der Waals surface area contributed by atoms with E-state index in [1.807, 2.05) is 43.3 Å². The van der Waals surface area contributed by atoms with Gasteiger partial charge in [-0.1, -0.05) is 6.07 Å². The molecule has 2 heterocycles. The molecule has 3 rings (SSSR count). The maximum Gasteiger partial charge on any atom is 0.120 e. The van der Waals surface area contributed by atoms with Gasteiger partial charge in [0.1, 0.15) is 5.75 Å². The van der Waals surface area contributed by atoms with Gasteiger partial charge in [0.15, 0.2) is 0 Å². The van der Waals surface area contributed by atoms with E-state index in [9.17, 15) is 0 Å². The van der Waals surface area contributed by atoms with Crippen LogP contribution in [-0.2, 0) is 6.42 Å². The molecule has 0 radical (unpaired) electrons. The molecule has 0 aliphatic carbocycles. The first-order valence-electron chi connectivity index (χ1n) is 6.30. The highest BCUT2D eigenvalue weighted by atomic mass is 16.5. The summed E-state index contributed by atoms with van der Waals surface area (Å²) < 4.78 is 5.75. The number of hydrogen-bond acceptors (Lipinski definition) is 3. The largest absolute Gasteiger partial charge is 0.493 e. The number of nitrogens with zero attached hydrogens (tertiary/aromatic N) is 2. The van der Waals surface area contributed by atoms with Gasteiger partial charge in [0.05, 0.1) is 17.8 Å². The van der Waals surface area contributed by atoms with Gasteiger partial charge in [0.25, 0.3) is 0 Å². The van der Waals surface area contributed by atoms with Crippen molar-refractivity contribution in [1.29, 1.82) is 0 Å². The molecule has 0 atom stereocenters. The Hall–Kier alpha value is -2.36. The lowest BCUT2D eigenvalue weighted by Crippen LogP contribution is -2.01. The molecule has 96 valence electrons. The van der Waals surface area contributed by atoms with Crippen molar-refractivity contribution < 1.29 is 4.74 Å². The molecule has 1 N–H and O–H groups in total. The minimum atomic E-state index is 0.621. The molecule has 19 heavy (non-hydrogen) atoms. The van der Waals surface area contributed by atoms with Gasteiger partial charge in [-0.25, -0.2) is 0 Å². The molecule has 0 aliphatic rings. The second kappa shape index (κ2) is 5.10. The number of ether oxygens (including phenoxy) is 1. The predicted octanol–water partition coefficient (Wildman–Crippen LogP) is 2.89. The number of benzene rings is 1. The fourth-order valence-electron chi connectivity index (χ4n) is 2.02. The number of H-pyrrole nitrogens is 1. The zero-order valence-electron chi connectivity index (χ0n) is 10.8. The smallest absolute Gasteiger partial charge is 0.120 e. The van der Waals surface area contributed by atoms with Crippen LogP contribution in [0.2, 0.25) is 0 Å². The molecule has 4 nitrogen and oxygen atoms in total. The highest BCUT2D eigenvalue weighted by Crippen LogP contribution is 2.19. The summed E-state index contributed by atoms with van der Waals surface area (Å²) >= 11 is 0. The molecule has 2 aromatic heterocycles. The van der Waals surface area contributed by atoms with Crippen molar-refractivity contribution in [1.82, 2.24) is 15.2 Å². The van der Waals surface area contributed by atoms with Gasteiger partial charge in [-0.15, -0.1) is 0 Å². The monoisotopic (exact) mass is 253 g/mol. The van der Waals surface area contributed by atoms with Crippen molar-refractivity contribution in [3.63, 3.8) is 0 Å². The molecule has 0 aliphatic heterocycles. The first-order chi connectivity index (χ1) is 9.31. The summed E-state index contributed by atoms with van der Waals surface area (Å²) in [7, 11) is 0. The van der Waals surface area contributed by atoms with E-state index in [-0.39, 0.29) is 0 Å². The number of aromatic nitrogens is 3. The molecule has 0 bridgehead atoms. The number of aryl methyl sites for hydroxylation is 1. The second-order valence-corrected chi connectivity index (χ2v) is 4.50. The minimum Gasteiger partial charge on any atom is -0.493 e. The topological polar surface area (TPSA) is 50.8 Å². The molecule has 0 saturated carbocycles. The first-order valence-corrected chi connectivity index (χ1v) is 6.30. The van der Waals surface area contributed by atoms with Crippen LogP contribution in [0.15, 0.2) is 42.6 Å². The van der Waals surface area contributed by atoms with Crippen LogP contribution in [0.25, 0.3) is 10.9 Å². The summed E-state index contributed by atoms with van der Waals surface area (Å²) in [5.41, 5.74) is 3.09. The van der Waals surface area contributed by atoms with E-state index < -0.39 is 0 Å². The van der Waals surface area contributed by atoms with Crippen LogP contribution in [-0.4, -0.2) is 21.8 Å². The molecule has 0 spiro atoms. The van der Waals surface area contributed by atoms with Crippen molar-refractivity contribution in [3.05, 3.63) is 54.0 Å². The lowest BCUT2D eigenvalue weighted by Gasteiger charge is -2.05. The van der Waals surface area contributed by atoms with Gasteiger partial charge in [-0.2, -0.15) is 5.10 Å². The molecular formula is C15H15N3O. The number of pyridine rings is 1. The number of aromatic amines is 1. The average molecular weight is 253 g/mol. The van der Waals surface area contributed by atoms with E-state index in [2.05, 4.69) is 15.2 Å². The van der Waals surface area contributed by atoms with Crippen LogP contribution < -0.4 is 4.74 Å². The molecule has 1 aromatic carbocycles. The van der Waals surface area contributed by atoms with Crippen LogP contribution in [0, 0.1) is 6.92 Å². The second-order valence-electron chi connectivity index (χ2n) is 4.50. The normalized spacial score (nSPS) is 10.8. The summed E-state index contributed by atoms with van der Waals surface area (Å²) in [5.74, 6) is 0.868. The Bertz CT molecular complexity index is 690. The van der Waals surface area contributed by atoms with E-state index >= 15 is 0 Å². The summed E-state index contributed by atoms with van der Waals surface area (Å²) in [6, 6.07) is 11.9. The first kappa shape index (κ1) is 11.7. The highest BCUT2D eigenvalue weighted by molar-refractivity contribution is 5.79. The summed E-state index contributed by atoms with van der Waals surface area (Å²) in [6.45, 7) is 2.61. The zero-order chi connectivity index (χ0) is 13.1. The van der Waals surface area contributed by atoms with E-state index in [1.54, 1.807) is 6.20 Å². The Labute approximate surface area is 111 Å². The predicted molar refractivity (Wildman–Crippen MR) is 74.3 cm³/mol. The van der Waals surface area contributed by atoms with Crippen LogP contribution in [0.5, 0.6) is 5.75 Å². The highest BCUT2D eigenvalue weighted by Gasteiger charge is 2.00. The Morgan fingerprint density at radius 3 is 3.00 bits per heavy atom. The lowest BCUT2D eigenvalue weighted by molar-refractivity contribution is 0.321. The Balaban J connectivity index is 1.65. The Morgan fingerprint density at radius 1 is 1.21 bits per heavy atom. The van der Waals surface area contributed by atoms with Crippen molar-refractivity contribution >= 4 is 10.9 Å². The minimum absolute atomic E-state index is 0.621. The number of nitrogens with one attached hydrogen (secondary N) is 1.